The Balaban J connectivity index is 0.00000622. The molecule has 0 aromatic heterocycles. The van der Waals surface area contributed by atoms with E-state index in [1.165, 1.54) is 19.1 Å². The summed E-state index contributed by atoms with van der Waals surface area (Å²) < 4.78 is 41.5. The highest BCUT2D eigenvalue weighted by Gasteiger charge is 2.53. The Kier molecular flexibility index (Phi) is 27.0. The van der Waals surface area contributed by atoms with Crippen LogP contribution in [0.2, 0.25) is 0 Å². The first-order chi connectivity index (χ1) is 32.8. The van der Waals surface area contributed by atoms with Crippen molar-refractivity contribution in [2.75, 3.05) is 42.1 Å². The summed E-state index contributed by atoms with van der Waals surface area (Å²) in [6, 6.07) is -1.11. The number of ketones is 3. The number of carbonyl (C=O) groups excluding carboxylic acids is 5. The third kappa shape index (κ3) is 17.1. The van der Waals surface area contributed by atoms with Crippen LogP contribution < -0.4 is 0 Å². The van der Waals surface area contributed by atoms with Crippen LogP contribution in [0.4, 0.5) is 0 Å². The van der Waals surface area contributed by atoms with Crippen LogP contribution in [0.15, 0.2) is 47.6 Å². The fraction of sp³-hybridized carbons (Fsp3) is 0.755. The molecule has 1 N–H and O–H groups in total. The van der Waals surface area contributed by atoms with Gasteiger partial charge in [0.25, 0.3) is 11.7 Å². The lowest BCUT2D eigenvalue weighted by molar-refractivity contribution is -0.265. The van der Waals surface area contributed by atoms with Gasteiger partial charge in [0, 0.05) is 110 Å². The average molecular weight is 1200 g/mol. The number of methoxy groups -OCH3 is 5. The molecule has 14 nitrogen and oxygen atoms in total. The summed E-state index contributed by atoms with van der Waals surface area (Å²) in [6.45, 7) is 13.2. The molecule has 0 radical (unpaired) electrons. The number of esters is 1. The molecular weight excluding hydrogens is 1110 g/mol. The molecule has 392 valence electrons. The molecule has 4 aliphatic rings. The quantitative estimate of drug-likeness (QED) is 0.106. The number of hydrogen-bond acceptors (Lipinski definition) is 13. The van der Waals surface area contributed by atoms with E-state index in [0.717, 1.165) is 24.8 Å². The van der Waals surface area contributed by atoms with Crippen LogP contribution in [0, 0.1) is 35.5 Å². The Labute approximate surface area is 436 Å². The van der Waals surface area contributed by atoms with Crippen molar-refractivity contribution in [1.82, 2.24) is 4.90 Å². The van der Waals surface area contributed by atoms with E-state index in [0.29, 0.717) is 50.5 Å². The van der Waals surface area contributed by atoms with E-state index in [9.17, 15) is 29.1 Å². The Morgan fingerprint density at radius 3 is 2.10 bits per heavy atom. The molecule has 2 saturated heterocycles. The number of allylic oxidation sites excluding steroid dienone is 6. The first-order valence-corrected chi connectivity index (χ1v) is 31.1. The predicted octanol–water partition coefficient (Wildman–Crippen LogP) is 9.26. The summed E-state index contributed by atoms with van der Waals surface area (Å²) in [7, 11) is 7.96. The molecule has 3 aliphatic heterocycles. The minimum absolute atomic E-state index is 0.0234. The molecule has 2 bridgehead atoms. The van der Waals surface area contributed by atoms with Gasteiger partial charge in [-0.2, -0.15) is 0 Å². The van der Waals surface area contributed by atoms with E-state index < -0.39 is 71.8 Å². The maximum Gasteiger partial charge on any atom is 0.329 e. The fourth-order valence-corrected chi connectivity index (χ4v) is 10.7. The van der Waals surface area contributed by atoms with Crippen LogP contribution in [0.3, 0.4) is 0 Å². The molecule has 1 amide bonds. The van der Waals surface area contributed by atoms with Crippen molar-refractivity contribution in [3.63, 3.8) is 0 Å². The molecule has 12 unspecified atom stereocenters. The highest BCUT2D eigenvalue weighted by molar-refractivity contribution is 15.0. The van der Waals surface area contributed by atoms with Crippen LogP contribution in [0.25, 0.3) is 0 Å². The van der Waals surface area contributed by atoms with Crippen LogP contribution >= 0.6 is 37.2 Å². The standard InChI is InChI=1S/C53H83NO13.I2/c1-32-18-14-13-15-19-33(2)44(62-9)30-40-23-21-38(7)53(60,67-40)50(57)51(58)54-25-17-16-20-41(54)52(59)66-45(35(4)28-39-22-24-43(61-8)46(29-39)63-10)31-42(55)34(3)27-37(6)48(64-11)49(65-12)47(56)36(5)26-32;1-2/h13-15,18-19,27,32,34-36,38-41,43-46,48-49,60H,16-17,20-26,28-31H2,1-12H3;/b15-13?,18-14+,33-19?,37-27+;/t32?,34?,35?,36-,38-,39?,40?,41+,43?,44?,45?,46?,48?,49?,53?;/m1./s1. The predicted molar refractivity (Wildman–Crippen MR) is 283 cm³/mol. The van der Waals surface area contributed by atoms with Gasteiger partial charge in [-0.15, -0.1) is 0 Å². The van der Waals surface area contributed by atoms with Gasteiger partial charge in [0.15, 0.2) is 5.78 Å². The molecule has 1 saturated carbocycles. The van der Waals surface area contributed by atoms with Gasteiger partial charge in [-0.25, -0.2) is 4.79 Å². The molecule has 69 heavy (non-hydrogen) atoms. The fourth-order valence-electron chi connectivity index (χ4n) is 10.7. The second kappa shape index (κ2) is 30.3. The zero-order chi connectivity index (χ0) is 51.6. The van der Waals surface area contributed by atoms with Gasteiger partial charge >= 0.3 is 5.97 Å². The van der Waals surface area contributed by atoms with Gasteiger partial charge in [-0.05, 0) is 107 Å². The third-order valence-corrected chi connectivity index (χ3v) is 15.0. The van der Waals surface area contributed by atoms with Crippen LogP contribution in [-0.2, 0) is 57.1 Å². The number of halogens is 2. The second-order valence-electron chi connectivity index (χ2n) is 20.0. The number of Topliss-reactive ketones (excluding diaryl/α,β-unsaturated/α-hetero) is 3. The molecule has 3 fully saturated rings. The van der Waals surface area contributed by atoms with E-state index in [-0.39, 0.29) is 66.8 Å². The summed E-state index contributed by atoms with van der Waals surface area (Å²) in [5, 5.41) is 12.0. The number of aliphatic hydroxyl groups is 1. The lowest BCUT2D eigenvalue weighted by Crippen LogP contribution is -2.61. The van der Waals surface area contributed by atoms with Gasteiger partial charge in [-0.3, -0.25) is 19.2 Å². The number of fused-ring (bicyclic) bond motifs is 3. The Bertz CT molecular complexity index is 1800. The summed E-state index contributed by atoms with van der Waals surface area (Å²) in [6.07, 6.45) is 14.1. The summed E-state index contributed by atoms with van der Waals surface area (Å²) in [5.74, 6) is -7.20. The number of piperidine rings is 1. The van der Waals surface area contributed by atoms with Gasteiger partial charge in [0.2, 0.25) is 5.79 Å². The number of nitrogens with zero attached hydrogens (tertiary/aromatic N) is 1. The number of ether oxygens (including phenoxy) is 7. The molecule has 4 rings (SSSR count). The van der Waals surface area contributed by atoms with Crippen molar-refractivity contribution in [1.29, 1.82) is 0 Å². The lowest BCUT2D eigenvalue weighted by atomic mass is 9.78. The zero-order valence-corrected chi connectivity index (χ0v) is 47.6. The first kappa shape index (κ1) is 61.4. The van der Waals surface area contributed by atoms with Gasteiger partial charge in [0.1, 0.15) is 30.1 Å². The summed E-state index contributed by atoms with van der Waals surface area (Å²) >= 11 is 4.24. The van der Waals surface area contributed by atoms with Crippen molar-refractivity contribution in [2.45, 2.75) is 180 Å². The molecule has 0 aromatic carbocycles. The van der Waals surface area contributed by atoms with Crippen molar-refractivity contribution in [3.8, 4) is 0 Å². The molecular formula is C53H83I2NO13. The zero-order valence-electron chi connectivity index (χ0n) is 43.3. The minimum atomic E-state index is -2.41. The summed E-state index contributed by atoms with van der Waals surface area (Å²) in [5.41, 5.74) is 1.56. The molecule has 1 aliphatic carbocycles. The first-order valence-electron chi connectivity index (χ1n) is 24.8. The minimum Gasteiger partial charge on any atom is -0.460 e. The maximum absolute atomic E-state index is 14.5. The van der Waals surface area contributed by atoms with Crippen molar-refractivity contribution in [3.05, 3.63) is 47.6 Å². The normalized spacial score (nSPS) is 37.3. The van der Waals surface area contributed by atoms with Gasteiger partial charge < -0.3 is 43.2 Å². The highest BCUT2D eigenvalue weighted by Crippen LogP contribution is 2.38. The average Bonchev–Trinajstić information content (AvgIpc) is 3.34. The molecule has 16 heteroatoms. The van der Waals surface area contributed by atoms with Crippen LogP contribution in [-0.4, -0.2) is 136 Å². The Morgan fingerprint density at radius 1 is 0.783 bits per heavy atom. The topological polar surface area (TPSA) is 173 Å². The number of hydrogen-bond donors (Lipinski definition) is 1. The molecule has 0 aromatic rings. The molecule has 15 atom stereocenters. The second-order valence-corrected chi connectivity index (χ2v) is 20.0. The summed E-state index contributed by atoms with van der Waals surface area (Å²) in [4.78, 5) is 72.5. The van der Waals surface area contributed by atoms with E-state index in [4.69, 9.17) is 33.2 Å². The number of rotatable bonds is 8. The Hall–Kier alpha value is -1.91. The van der Waals surface area contributed by atoms with E-state index >= 15 is 0 Å². The lowest BCUT2D eigenvalue weighted by Gasteiger charge is -2.42. The van der Waals surface area contributed by atoms with Gasteiger partial charge in [-0.1, -0.05) is 71.1 Å². The van der Waals surface area contributed by atoms with E-state index in [1.54, 1.807) is 41.3 Å². The van der Waals surface area contributed by atoms with Crippen LogP contribution in [0.5, 0.6) is 0 Å². The molecule has 0 spiro atoms. The van der Waals surface area contributed by atoms with E-state index in [2.05, 4.69) is 44.2 Å². The van der Waals surface area contributed by atoms with Crippen LogP contribution in [0.1, 0.15) is 126 Å². The molecule has 3 heterocycles. The number of amides is 1. The highest BCUT2D eigenvalue weighted by atomic mass is 128. The largest absolute Gasteiger partial charge is 0.460 e. The monoisotopic (exact) mass is 1200 g/mol. The maximum atomic E-state index is 14.5. The van der Waals surface area contributed by atoms with E-state index in [1.807, 2.05) is 58.1 Å². The number of carbonyl (C=O) groups is 5. The van der Waals surface area contributed by atoms with Crippen molar-refractivity contribution < 1.29 is 62.2 Å². The Morgan fingerprint density at radius 2 is 1.46 bits per heavy atom. The van der Waals surface area contributed by atoms with Crippen molar-refractivity contribution in [2.24, 2.45) is 35.5 Å². The number of cyclic esters (lactones) is 1. The third-order valence-electron chi connectivity index (χ3n) is 15.0. The smallest absolute Gasteiger partial charge is 0.329 e. The van der Waals surface area contributed by atoms with Gasteiger partial charge in [0.05, 0.1) is 24.4 Å². The van der Waals surface area contributed by atoms with Crippen molar-refractivity contribution >= 4 is 66.5 Å². The SMILES string of the molecule is COC1CC2CC[C@@H](C)C(O)(O2)C(=O)C(=O)N2CCCC[C@H]2C(=O)OC(C(C)CC2CCC(OC)C(OC)C2)CC(=O)C(C)/C=C(\C)C(OC)C(OC)C(=O)[C@H](C)CC(C)/C=C/C=CC=C1C.II.